The van der Waals surface area contributed by atoms with Gasteiger partial charge in [0.05, 0.1) is 0 Å². The predicted octanol–water partition coefficient (Wildman–Crippen LogP) is 0.932. The Morgan fingerprint density at radius 1 is 1.67 bits per heavy atom. The third-order valence-electron chi connectivity index (χ3n) is 1.22. The Morgan fingerprint density at radius 3 is 3.17 bits per heavy atom. The number of nitrogens with one attached hydrogen (secondary N) is 1. The van der Waals surface area contributed by atoms with Gasteiger partial charge in [0.2, 0.25) is 5.88 Å². The van der Waals surface area contributed by atoms with Gasteiger partial charge in [-0.2, -0.15) is 4.98 Å². The fourth-order valence-electron chi connectivity index (χ4n) is 0.720. The molecule has 0 aliphatic heterocycles. The van der Waals surface area contributed by atoms with Crippen LogP contribution in [0, 0.1) is 0 Å². The van der Waals surface area contributed by atoms with Crippen molar-refractivity contribution < 1.29 is 4.74 Å². The van der Waals surface area contributed by atoms with E-state index in [2.05, 4.69) is 17.0 Å². The molecule has 0 aliphatic rings. The summed E-state index contributed by atoms with van der Waals surface area (Å²) in [7, 11) is 0. The summed E-state index contributed by atoms with van der Waals surface area (Å²) in [5, 5.41) is 0. The summed E-state index contributed by atoms with van der Waals surface area (Å²) in [6, 6.07) is 5.31. The van der Waals surface area contributed by atoms with Crippen LogP contribution in [0.3, 0.4) is 0 Å². The molecule has 0 unspecified atom stereocenters. The lowest BCUT2D eigenvalue weighted by molar-refractivity contribution is 0.349. The van der Waals surface area contributed by atoms with Crippen LogP contribution in [-0.2, 0) is 0 Å². The highest BCUT2D eigenvalue weighted by Crippen LogP contribution is 2.09. The summed E-state index contributed by atoms with van der Waals surface area (Å²) in [6.07, 6.45) is 1.66. The fourth-order valence-corrected chi connectivity index (χ4v) is 0.720. The van der Waals surface area contributed by atoms with Crippen LogP contribution in [0.1, 0.15) is 0 Å². The van der Waals surface area contributed by atoms with Gasteiger partial charge in [-0.25, -0.2) is 5.84 Å². The van der Waals surface area contributed by atoms with Crippen molar-refractivity contribution in [2.24, 2.45) is 5.84 Å². The molecule has 0 aliphatic carbocycles. The van der Waals surface area contributed by atoms with E-state index < -0.39 is 0 Å². The zero-order valence-corrected chi connectivity index (χ0v) is 6.66. The quantitative estimate of drug-likeness (QED) is 0.396. The Kier molecular flexibility index (Phi) is 3.10. The molecule has 3 N–H and O–H groups in total. The van der Waals surface area contributed by atoms with Gasteiger partial charge in [-0.15, -0.1) is 0 Å². The van der Waals surface area contributed by atoms with Crippen molar-refractivity contribution in [1.29, 1.82) is 0 Å². The van der Waals surface area contributed by atoms with Gasteiger partial charge in [0.1, 0.15) is 12.4 Å². The van der Waals surface area contributed by atoms with Gasteiger partial charge in [-0.05, 0) is 6.07 Å². The summed E-state index contributed by atoms with van der Waals surface area (Å²) < 4.78 is 5.17. The van der Waals surface area contributed by atoms with Crippen LogP contribution < -0.4 is 16.0 Å². The molecule has 0 fully saturated rings. The SMILES string of the molecule is C=CCOc1cccc(NN)n1. The van der Waals surface area contributed by atoms with Crippen LogP contribution in [0.25, 0.3) is 0 Å². The normalized spacial score (nSPS) is 9.08. The van der Waals surface area contributed by atoms with Crippen LogP contribution in [0.4, 0.5) is 5.82 Å². The van der Waals surface area contributed by atoms with Gasteiger partial charge in [-0.3, -0.25) is 0 Å². The van der Waals surface area contributed by atoms with Crippen molar-refractivity contribution in [1.82, 2.24) is 4.98 Å². The molecule has 1 aromatic rings. The molecule has 0 bridgehead atoms. The molecule has 0 saturated carbocycles. The first-order chi connectivity index (χ1) is 5.86. The van der Waals surface area contributed by atoms with Crippen molar-refractivity contribution in [3.63, 3.8) is 0 Å². The molecule has 0 saturated heterocycles. The third kappa shape index (κ3) is 2.25. The number of nitrogen functional groups attached to an aromatic ring is 1. The lowest BCUT2D eigenvalue weighted by atomic mass is 10.4. The molecule has 1 rings (SSSR count). The zero-order chi connectivity index (χ0) is 8.81. The number of nitrogens with zero attached hydrogens (tertiary/aromatic N) is 1. The molecule has 4 nitrogen and oxygen atoms in total. The maximum absolute atomic E-state index is 5.17. The molecule has 1 aromatic heterocycles. The summed E-state index contributed by atoms with van der Waals surface area (Å²) in [4.78, 5) is 4.02. The summed E-state index contributed by atoms with van der Waals surface area (Å²) in [5.41, 5.74) is 2.43. The average Bonchev–Trinajstić information content (AvgIpc) is 2.15. The molecule has 0 amide bonds. The van der Waals surface area contributed by atoms with Crippen molar-refractivity contribution in [3.8, 4) is 5.88 Å². The molecule has 0 atom stereocenters. The first-order valence-electron chi connectivity index (χ1n) is 3.54. The first-order valence-corrected chi connectivity index (χ1v) is 3.54. The monoisotopic (exact) mass is 165 g/mol. The van der Waals surface area contributed by atoms with Gasteiger partial charge >= 0.3 is 0 Å². The minimum atomic E-state index is 0.445. The van der Waals surface area contributed by atoms with Gasteiger partial charge < -0.3 is 10.2 Å². The van der Waals surface area contributed by atoms with E-state index in [1.807, 2.05) is 0 Å². The van der Waals surface area contributed by atoms with Crippen molar-refractivity contribution in [2.45, 2.75) is 0 Å². The number of hydrazine groups is 1. The molecule has 0 radical (unpaired) electrons. The Labute approximate surface area is 71.0 Å². The number of nitrogens with two attached hydrogens (primary N) is 1. The zero-order valence-electron chi connectivity index (χ0n) is 6.66. The highest BCUT2D eigenvalue weighted by Gasteiger charge is 1.94. The maximum Gasteiger partial charge on any atom is 0.215 e. The Balaban J connectivity index is 2.65. The number of ether oxygens (including phenoxy) is 1. The molecular weight excluding hydrogens is 154 g/mol. The molecule has 12 heavy (non-hydrogen) atoms. The summed E-state index contributed by atoms with van der Waals surface area (Å²) in [5.74, 6) is 6.27. The minimum Gasteiger partial charge on any atom is -0.473 e. The van der Waals surface area contributed by atoms with E-state index in [0.717, 1.165) is 0 Å². The first kappa shape index (κ1) is 8.55. The van der Waals surface area contributed by atoms with Gasteiger partial charge in [0, 0.05) is 6.07 Å². The smallest absolute Gasteiger partial charge is 0.215 e. The second-order valence-electron chi connectivity index (χ2n) is 2.11. The van der Waals surface area contributed by atoms with E-state index in [0.29, 0.717) is 18.3 Å². The van der Waals surface area contributed by atoms with E-state index in [4.69, 9.17) is 10.6 Å². The van der Waals surface area contributed by atoms with Gasteiger partial charge in [0.15, 0.2) is 0 Å². The highest BCUT2D eigenvalue weighted by molar-refractivity contribution is 5.35. The standard InChI is InChI=1S/C8H11N3O/c1-2-6-12-8-5-3-4-7(10-8)11-9/h2-5H,1,6,9H2,(H,10,11). The Morgan fingerprint density at radius 2 is 2.50 bits per heavy atom. The van der Waals surface area contributed by atoms with Crippen molar-refractivity contribution >= 4 is 5.82 Å². The molecule has 1 heterocycles. The third-order valence-corrected chi connectivity index (χ3v) is 1.22. The minimum absolute atomic E-state index is 0.445. The molecule has 4 heteroatoms. The number of hydrogen-bond acceptors (Lipinski definition) is 4. The second-order valence-corrected chi connectivity index (χ2v) is 2.11. The molecule has 0 aromatic carbocycles. The van der Waals surface area contributed by atoms with Crippen LogP contribution in [-0.4, -0.2) is 11.6 Å². The van der Waals surface area contributed by atoms with Gasteiger partial charge in [0.25, 0.3) is 0 Å². The van der Waals surface area contributed by atoms with Crippen LogP contribution in [0.15, 0.2) is 30.9 Å². The van der Waals surface area contributed by atoms with E-state index >= 15 is 0 Å². The van der Waals surface area contributed by atoms with Crippen LogP contribution in [0.2, 0.25) is 0 Å². The predicted molar refractivity (Wildman–Crippen MR) is 47.7 cm³/mol. The highest BCUT2D eigenvalue weighted by atomic mass is 16.5. The Bertz CT molecular complexity index is 262. The second kappa shape index (κ2) is 4.35. The molecule has 64 valence electrons. The number of pyridine rings is 1. The average molecular weight is 165 g/mol. The van der Waals surface area contributed by atoms with Crippen molar-refractivity contribution in [3.05, 3.63) is 30.9 Å². The molecular formula is C8H11N3O. The van der Waals surface area contributed by atoms with Gasteiger partial charge in [-0.1, -0.05) is 18.7 Å². The fraction of sp³-hybridized carbons (Fsp3) is 0.125. The topological polar surface area (TPSA) is 60.2 Å². The van der Waals surface area contributed by atoms with E-state index in [1.54, 1.807) is 24.3 Å². The Hall–Kier alpha value is -1.55. The van der Waals surface area contributed by atoms with E-state index in [1.165, 1.54) is 0 Å². The number of hydrogen-bond donors (Lipinski definition) is 2. The number of rotatable bonds is 4. The summed E-state index contributed by atoms with van der Waals surface area (Å²) >= 11 is 0. The maximum atomic E-state index is 5.17. The lowest BCUT2D eigenvalue weighted by Crippen LogP contribution is -2.08. The lowest BCUT2D eigenvalue weighted by Gasteiger charge is -2.03. The van der Waals surface area contributed by atoms with Crippen LogP contribution >= 0.6 is 0 Å². The summed E-state index contributed by atoms with van der Waals surface area (Å²) in [6.45, 7) is 3.97. The largest absolute Gasteiger partial charge is 0.473 e. The van der Waals surface area contributed by atoms with Crippen LogP contribution in [0.5, 0.6) is 5.88 Å². The number of anilines is 1. The van der Waals surface area contributed by atoms with E-state index in [9.17, 15) is 0 Å². The molecule has 0 spiro atoms. The van der Waals surface area contributed by atoms with Crippen molar-refractivity contribution in [2.75, 3.05) is 12.0 Å². The van der Waals surface area contributed by atoms with E-state index in [-0.39, 0.29) is 0 Å². The number of aromatic nitrogens is 1.